The van der Waals surface area contributed by atoms with Crippen LogP contribution in [-0.2, 0) is 6.42 Å². The largest absolute Gasteiger partial charge is 0.370 e. The average Bonchev–Trinajstić information content (AvgIpc) is 2.29. The molecule has 1 aromatic rings. The third-order valence-electron chi connectivity index (χ3n) is 2.60. The molecule has 0 atom stereocenters. The van der Waals surface area contributed by atoms with Crippen molar-refractivity contribution >= 4 is 5.96 Å². The molecule has 0 radical (unpaired) electrons. The van der Waals surface area contributed by atoms with Crippen LogP contribution in [0.2, 0.25) is 0 Å². The SMILES string of the molecule is CCCCN=C(N)NCCc1cccc(C)c1. The first-order valence-corrected chi connectivity index (χ1v) is 6.31. The van der Waals surface area contributed by atoms with Crippen LogP contribution in [0.5, 0.6) is 0 Å². The Morgan fingerprint density at radius 2 is 2.24 bits per heavy atom. The van der Waals surface area contributed by atoms with Crippen molar-refractivity contribution in [3.63, 3.8) is 0 Å². The topological polar surface area (TPSA) is 50.4 Å². The molecule has 0 aliphatic rings. The predicted octanol–water partition coefficient (Wildman–Crippen LogP) is 2.24. The third-order valence-corrected chi connectivity index (χ3v) is 2.60. The van der Waals surface area contributed by atoms with Gasteiger partial charge in [-0.25, -0.2) is 0 Å². The van der Waals surface area contributed by atoms with Gasteiger partial charge in [0.1, 0.15) is 0 Å². The van der Waals surface area contributed by atoms with E-state index in [2.05, 4.69) is 48.4 Å². The molecule has 17 heavy (non-hydrogen) atoms. The Balaban J connectivity index is 2.25. The molecule has 3 nitrogen and oxygen atoms in total. The summed E-state index contributed by atoms with van der Waals surface area (Å²) in [5.41, 5.74) is 8.38. The molecule has 0 bridgehead atoms. The fourth-order valence-corrected chi connectivity index (χ4v) is 1.62. The van der Waals surface area contributed by atoms with Crippen molar-refractivity contribution in [3.8, 4) is 0 Å². The molecule has 3 N–H and O–H groups in total. The van der Waals surface area contributed by atoms with Crippen molar-refractivity contribution in [2.75, 3.05) is 13.1 Å². The lowest BCUT2D eigenvalue weighted by Gasteiger charge is -2.06. The number of nitrogens with two attached hydrogens (primary N) is 1. The second-order valence-electron chi connectivity index (χ2n) is 4.29. The maximum atomic E-state index is 5.75. The van der Waals surface area contributed by atoms with E-state index in [1.165, 1.54) is 11.1 Å². The smallest absolute Gasteiger partial charge is 0.188 e. The van der Waals surface area contributed by atoms with Gasteiger partial charge in [0, 0.05) is 13.1 Å². The highest BCUT2D eigenvalue weighted by atomic mass is 15.1. The summed E-state index contributed by atoms with van der Waals surface area (Å²) in [4.78, 5) is 4.25. The van der Waals surface area contributed by atoms with Crippen LogP contribution in [-0.4, -0.2) is 19.0 Å². The van der Waals surface area contributed by atoms with Gasteiger partial charge in [-0.1, -0.05) is 43.2 Å². The highest BCUT2D eigenvalue weighted by Gasteiger charge is 1.94. The lowest BCUT2D eigenvalue weighted by molar-refractivity contribution is 0.791. The van der Waals surface area contributed by atoms with E-state index in [1.54, 1.807) is 0 Å². The van der Waals surface area contributed by atoms with Gasteiger partial charge in [0.15, 0.2) is 5.96 Å². The van der Waals surface area contributed by atoms with Gasteiger partial charge in [-0.15, -0.1) is 0 Å². The minimum atomic E-state index is 0.561. The maximum absolute atomic E-state index is 5.75. The number of unbranched alkanes of at least 4 members (excludes halogenated alkanes) is 1. The highest BCUT2D eigenvalue weighted by molar-refractivity contribution is 5.77. The molecule has 0 spiro atoms. The molecule has 0 saturated heterocycles. The van der Waals surface area contributed by atoms with Gasteiger partial charge in [-0.3, -0.25) is 4.99 Å². The molecular weight excluding hydrogens is 210 g/mol. The van der Waals surface area contributed by atoms with E-state index >= 15 is 0 Å². The summed E-state index contributed by atoms with van der Waals surface area (Å²) in [6.45, 7) is 5.92. The normalized spacial score (nSPS) is 11.5. The Hall–Kier alpha value is -1.51. The summed E-state index contributed by atoms with van der Waals surface area (Å²) in [5, 5.41) is 3.14. The molecule has 0 unspecified atom stereocenters. The van der Waals surface area contributed by atoms with Crippen LogP contribution in [0.25, 0.3) is 0 Å². The zero-order valence-corrected chi connectivity index (χ0v) is 10.9. The Morgan fingerprint density at radius 3 is 2.94 bits per heavy atom. The summed E-state index contributed by atoms with van der Waals surface area (Å²) in [7, 11) is 0. The van der Waals surface area contributed by atoms with Gasteiger partial charge in [0.2, 0.25) is 0 Å². The lowest BCUT2D eigenvalue weighted by Crippen LogP contribution is -2.33. The number of hydrogen-bond donors (Lipinski definition) is 2. The number of guanidine groups is 1. The van der Waals surface area contributed by atoms with Crippen LogP contribution < -0.4 is 11.1 Å². The average molecular weight is 233 g/mol. The highest BCUT2D eigenvalue weighted by Crippen LogP contribution is 2.03. The molecule has 0 heterocycles. The third kappa shape index (κ3) is 5.95. The van der Waals surface area contributed by atoms with Gasteiger partial charge in [-0.05, 0) is 25.3 Å². The molecule has 0 aliphatic heterocycles. The molecule has 1 rings (SSSR count). The van der Waals surface area contributed by atoms with Crippen LogP contribution >= 0.6 is 0 Å². The molecule has 0 aromatic heterocycles. The van der Waals surface area contributed by atoms with E-state index in [-0.39, 0.29) is 0 Å². The second kappa shape index (κ2) is 7.71. The molecule has 94 valence electrons. The van der Waals surface area contributed by atoms with Gasteiger partial charge in [0.25, 0.3) is 0 Å². The van der Waals surface area contributed by atoms with Crippen molar-refractivity contribution in [2.24, 2.45) is 10.7 Å². The van der Waals surface area contributed by atoms with Gasteiger partial charge in [0.05, 0.1) is 0 Å². The molecular formula is C14H23N3. The number of nitrogens with zero attached hydrogens (tertiary/aromatic N) is 1. The minimum absolute atomic E-state index is 0.561. The van der Waals surface area contributed by atoms with Gasteiger partial charge >= 0.3 is 0 Å². The van der Waals surface area contributed by atoms with Crippen molar-refractivity contribution in [2.45, 2.75) is 33.1 Å². The first-order chi connectivity index (χ1) is 8.22. The van der Waals surface area contributed by atoms with E-state index in [0.717, 1.165) is 32.4 Å². The number of hydrogen-bond acceptors (Lipinski definition) is 1. The first-order valence-electron chi connectivity index (χ1n) is 6.31. The molecule has 1 aromatic carbocycles. The summed E-state index contributed by atoms with van der Waals surface area (Å²) in [5.74, 6) is 0.561. The van der Waals surface area contributed by atoms with E-state index in [9.17, 15) is 0 Å². The summed E-state index contributed by atoms with van der Waals surface area (Å²) >= 11 is 0. The summed E-state index contributed by atoms with van der Waals surface area (Å²) < 4.78 is 0. The number of aryl methyl sites for hydroxylation is 1. The van der Waals surface area contributed by atoms with Crippen LogP contribution in [0.3, 0.4) is 0 Å². The Kier molecular flexibility index (Phi) is 6.15. The lowest BCUT2D eigenvalue weighted by atomic mass is 10.1. The quantitative estimate of drug-likeness (QED) is 0.450. The predicted molar refractivity (Wildman–Crippen MR) is 74.3 cm³/mol. The Morgan fingerprint density at radius 1 is 1.41 bits per heavy atom. The molecule has 3 heteroatoms. The Labute approximate surface area is 104 Å². The number of aliphatic imine (C=N–C) groups is 1. The monoisotopic (exact) mass is 233 g/mol. The summed E-state index contributed by atoms with van der Waals surface area (Å²) in [6, 6.07) is 8.53. The fourth-order valence-electron chi connectivity index (χ4n) is 1.62. The maximum Gasteiger partial charge on any atom is 0.188 e. The van der Waals surface area contributed by atoms with E-state index in [0.29, 0.717) is 5.96 Å². The van der Waals surface area contributed by atoms with Crippen molar-refractivity contribution in [1.82, 2.24) is 5.32 Å². The molecule has 0 saturated carbocycles. The van der Waals surface area contributed by atoms with Crippen LogP contribution in [0.4, 0.5) is 0 Å². The zero-order chi connectivity index (χ0) is 12.5. The van der Waals surface area contributed by atoms with Crippen LogP contribution in [0.15, 0.2) is 29.3 Å². The van der Waals surface area contributed by atoms with Crippen LogP contribution in [0.1, 0.15) is 30.9 Å². The number of benzene rings is 1. The van der Waals surface area contributed by atoms with Gasteiger partial charge < -0.3 is 11.1 Å². The van der Waals surface area contributed by atoms with Crippen LogP contribution in [0, 0.1) is 6.92 Å². The summed E-state index contributed by atoms with van der Waals surface area (Å²) in [6.07, 6.45) is 3.23. The number of rotatable bonds is 6. The van der Waals surface area contributed by atoms with Crippen molar-refractivity contribution in [3.05, 3.63) is 35.4 Å². The van der Waals surface area contributed by atoms with Crippen molar-refractivity contribution < 1.29 is 0 Å². The Bertz CT molecular complexity index is 358. The van der Waals surface area contributed by atoms with E-state index in [4.69, 9.17) is 5.73 Å². The fraction of sp³-hybridized carbons (Fsp3) is 0.500. The van der Waals surface area contributed by atoms with E-state index in [1.807, 2.05) is 0 Å². The second-order valence-corrected chi connectivity index (χ2v) is 4.29. The van der Waals surface area contributed by atoms with E-state index < -0.39 is 0 Å². The molecule has 0 amide bonds. The minimum Gasteiger partial charge on any atom is -0.370 e. The standard InChI is InChI=1S/C14H23N3/c1-3-4-9-16-14(15)17-10-8-13-7-5-6-12(2)11-13/h5-7,11H,3-4,8-10H2,1-2H3,(H3,15,16,17). The molecule has 0 fully saturated rings. The van der Waals surface area contributed by atoms with Gasteiger partial charge in [-0.2, -0.15) is 0 Å². The number of nitrogens with one attached hydrogen (secondary N) is 1. The zero-order valence-electron chi connectivity index (χ0n) is 10.9. The first kappa shape index (κ1) is 13.6. The molecule has 0 aliphatic carbocycles. The van der Waals surface area contributed by atoms with Crippen molar-refractivity contribution in [1.29, 1.82) is 0 Å².